The van der Waals surface area contributed by atoms with Gasteiger partial charge in [-0.25, -0.2) is 0 Å². The molecule has 2 unspecified atom stereocenters. The minimum Gasteiger partial charge on any atom is -0.466 e. The lowest BCUT2D eigenvalue weighted by atomic mass is 9.90. The summed E-state index contributed by atoms with van der Waals surface area (Å²) >= 11 is 18.0. The molecule has 2 bridgehead atoms. The molecule has 21 heavy (non-hydrogen) atoms. The molecule has 0 aliphatic carbocycles. The number of rotatable bonds is 2. The second-order valence-corrected chi connectivity index (χ2v) is 7.52. The molecule has 3 nitrogen and oxygen atoms in total. The number of hydrogen-bond acceptors (Lipinski definition) is 2. The summed E-state index contributed by atoms with van der Waals surface area (Å²) in [6, 6.07) is 3.71. The standard InChI is InChI=1S/C15H18Cl2N2OS/c1-8(2)7-19-14(21)18-12-6-15(19,3)20-13-10(12)4-9(16)5-11(13)17/h4-5,8,12H,6-7H2,1-3H3,(H,18,21). The molecule has 1 N–H and O–H groups in total. The minimum absolute atomic E-state index is 0.0888. The molecule has 0 saturated carbocycles. The van der Waals surface area contributed by atoms with Crippen molar-refractivity contribution in [2.75, 3.05) is 6.54 Å². The fraction of sp³-hybridized carbons (Fsp3) is 0.533. The summed E-state index contributed by atoms with van der Waals surface area (Å²) in [6.45, 7) is 7.25. The van der Waals surface area contributed by atoms with E-state index in [2.05, 4.69) is 31.0 Å². The van der Waals surface area contributed by atoms with Gasteiger partial charge in [0.1, 0.15) is 5.75 Å². The van der Waals surface area contributed by atoms with Crippen LogP contribution in [0.5, 0.6) is 5.75 Å². The Kier molecular flexibility index (Phi) is 3.75. The minimum atomic E-state index is -0.470. The molecule has 114 valence electrons. The van der Waals surface area contributed by atoms with Crippen LogP contribution in [-0.2, 0) is 0 Å². The first-order valence-corrected chi connectivity index (χ1v) is 8.22. The van der Waals surface area contributed by atoms with Crippen LogP contribution < -0.4 is 10.1 Å². The van der Waals surface area contributed by atoms with Crippen LogP contribution >= 0.6 is 35.4 Å². The van der Waals surface area contributed by atoms with Gasteiger partial charge in [-0.15, -0.1) is 0 Å². The Morgan fingerprint density at radius 3 is 2.86 bits per heavy atom. The van der Waals surface area contributed by atoms with Crippen LogP contribution in [0, 0.1) is 5.92 Å². The van der Waals surface area contributed by atoms with Gasteiger partial charge < -0.3 is 15.0 Å². The molecule has 1 fully saturated rings. The molecular weight excluding hydrogens is 327 g/mol. The largest absolute Gasteiger partial charge is 0.466 e. The molecule has 1 saturated heterocycles. The average molecular weight is 345 g/mol. The molecule has 2 heterocycles. The predicted octanol–water partition coefficient (Wildman–Crippen LogP) is 4.38. The fourth-order valence-corrected chi connectivity index (χ4v) is 4.03. The number of benzene rings is 1. The third-order valence-electron chi connectivity index (χ3n) is 3.98. The van der Waals surface area contributed by atoms with Gasteiger partial charge in [-0.1, -0.05) is 37.0 Å². The highest BCUT2D eigenvalue weighted by atomic mass is 35.5. The van der Waals surface area contributed by atoms with E-state index in [4.69, 9.17) is 40.2 Å². The Labute approximate surface area is 140 Å². The van der Waals surface area contributed by atoms with Crippen molar-refractivity contribution in [1.82, 2.24) is 10.2 Å². The zero-order valence-electron chi connectivity index (χ0n) is 12.2. The topological polar surface area (TPSA) is 24.5 Å². The summed E-state index contributed by atoms with van der Waals surface area (Å²) in [4.78, 5) is 2.12. The van der Waals surface area contributed by atoms with Crippen LogP contribution in [-0.4, -0.2) is 22.3 Å². The summed E-state index contributed by atoms with van der Waals surface area (Å²) in [5, 5.41) is 5.29. The van der Waals surface area contributed by atoms with Crippen LogP contribution in [0.1, 0.15) is 38.8 Å². The Morgan fingerprint density at radius 1 is 1.48 bits per heavy atom. The van der Waals surface area contributed by atoms with Gasteiger partial charge in [0.2, 0.25) is 0 Å². The molecule has 1 aromatic carbocycles. The maximum absolute atomic E-state index is 6.32. The summed E-state index contributed by atoms with van der Waals surface area (Å²) in [5.41, 5.74) is 0.512. The average Bonchev–Trinajstić information content (AvgIpc) is 2.36. The zero-order chi connectivity index (χ0) is 15.4. The molecule has 0 radical (unpaired) electrons. The number of ether oxygens (including phenoxy) is 1. The third-order valence-corrected chi connectivity index (χ3v) is 4.82. The van der Waals surface area contributed by atoms with E-state index in [1.807, 2.05) is 6.07 Å². The van der Waals surface area contributed by atoms with Gasteiger partial charge in [-0.3, -0.25) is 0 Å². The van der Waals surface area contributed by atoms with Crippen molar-refractivity contribution in [3.8, 4) is 5.75 Å². The zero-order valence-corrected chi connectivity index (χ0v) is 14.6. The van der Waals surface area contributed by atoms with E-state index in [0.717, 1.165) is 23.6 Å². The second-order valence-electron chi connectivity index (χ2n) is 6.29. The smallest absolute Gasteiger partial charge is 0.184 e. The summed E-state index contributed by atoms with van der Waals surface area (Å²) < 4.78 is 6.27. The van der Waals surface area contributed by atoms with Crippen molar-refractivity contribution < 1.29 is 4.74 Å². The van der Waals surface area contributed by atoms with Gasteiger partial charge in [0, 0.05) is 23.6 Å². The van der Waals surface area contributed by atoms with E-state index < -0.39 is 5.72 Å². The van der Waals surface area contributed by atoms with Gasteiger partial charge in [-0.05, 0) is 37.2 Å². The number of nitrogens with one attached hydrogen (secondary N) is 1. The lowest BCUT2D eigenvalue weighted by molar-refractivity contribution is -0.0720. The van der Waals surface area contributed by atoms with E-state index in [1.54, 1.807) is 6.07 Å². The highest BCUT2D eigenvalue weighted by Crippen LogP contribution is 2.48. The van der Waals surface area contributed by atoms with Crippen LogP contribution in [0.2, 0.25) is 10.0 Å². The number of thiocarbonyl (C=S) groups is 1. The second kappa shape index (κ2) is 5.18. The van der Waals surface area contributed by atoms with E-state index in [0.29, 0.717) is 21.7 Å². The van der Waals surface area contributed by atoms with Crippen molar-refractivity contribution in [3.63, 3.8) is 0 Å². The van der Waals surface area contributed by atoms with Crippen molar-refractivity contribution in [2.24, 2.45) is 5.92 Å². The predicted molar refractivity (Wildman–Crippen MR) is 90.1 cm³/mol. The number of fused-ring (bicyclic) bond motifs is 4. The van der Waals surface area contributed by atoms with Crippen LogP contribution in [0.25, 0.3) is 0 Å². The molecule has 1 aromatic rings. The quantitative estimate of drug-likeness (QED) is 0.804. The number of hydrogen-bond donors (Lipinski definition) is 1. The molecule has 2 atom stereocenters. The maximum atomic E-state index is 6.32. The van der Waals surface area contributed by atoms with E-state index >= 15 is 0 Å². The third kappa shape index (κ3) is 2.58. The van der Waals surface area contributed by atoms with Crippen LogP contribution in [0.15, 0.2) is 12.1 Å². The Balaban J connectivity index is 2.05. The van der Waals surface area contributed by atoms with Gasteiger partial charge >= 0.3 is 0 Å². The Hall–Kier alpha value is -0.710. The van der Waals surface area contributed by atoms with E-state index in [1.165, 1.54) is 0 Å². The Morgan fingerprint density at radius 2 is 2.19 bits per heavy atom. The number of nitrogens with zero attached hydrogens (tertiary/aromatic N) is 1. The summed E-state index contributed by atoms with van der Waals surface area (Å²) in [5.74, 6) is 1.20. The first-order chi connectivity index (χ1) is 9.80. The van der Waals surface area contributed by atoms with Gasteiger partial charge in [-0.2, -0.15) is 0 Å². The van der Waals surface area contributed by atoms with E-state index in [-0.39, 0.29) is 6.04 Å². The van der Waals surface area contributed by atoms with E-state index in [9.17, 15) is 0 Å². The normalized spacial score (nSPS) is 27.2. The first-order valence-electron chi connectivity index (χ1n) is 7.06. The van der Waals surface area contributed by atoms with Crippen molar-refractivity contribution in [2.45, 2.75) is 39.0 Å². The lowest BCUT2D eigenvalue weighted by Crippen LogP contribution is -2.65. The monoisotopic (exact) mass is 344 g/mol. The molecule has 3 rings (SSSR count). The molecular formula is C15H18Cl2N2OS. The maximum Gasteiger partial charge on any atom is 0.184 e. The highest BCUT2D eigenvalue weighted by molar-refractivity contribution is 7.80. The molecule has 0 spiro atoms. The van der Waals surface area contributed by atoms with Gasteiger partial charge in [0.25, 0.3) is 0 Å². The van der Waals surface area contributed by atoms with Crippen LogP contribution in [0.3, 0.4) is 0 Å². The van der Waals surface area contributed by atoms with Crippen molar-refractivity contribution in [1.29, 1.82) is 0 Å². The Bertz CT molecular complexity index is 608. The van der Waals surface area contributed by atoms with Crippen molar-refractivity contribution >= 4 is 40.5 Å². The highest BCUT2D eigenvalue weighted by Gasteiger charge is 2.48. The van der Waals surface area contributed by atoms with Crippen LogP contribution in [0.4, 0.5) is 0 Å². The molecule has 0 aromatic heterocycles. The van der Waals surface area contributed by atoms with Gasteiger partial charge in [0.05, 0.1) is 11.1 Å². The molecule has 6 heteroatoms. The lowest BCUT2D eigenvalue weighted by Gasteiger charge is -2.53. The molecule has 2 aliphatic heterocycles. The first kappa shape index (κ1) is 15.2. The number of halogens is 2. The summed E-state index contributed by atoms with van der Waals surface area (Å²) in [7, 11) is 0. The SMILES string of the molecule is CC(C)CN1C(=S)NC2CC1(C)Oc1c(Cl)cc(Cl)cc12. The molecule has 0 amide bonds. The fourth-order valence-electron chi connectivity index (χ4n) is 3.07. The van der Waals surface area contributed by atoms with Gasteiger partial charge in [0.15, 0.2) is 10.8 Å². The summed E-state index contributed by atoms with van der Waals surface area (Å²) in [6.07, 6.45) is 0.809. The molecule has 2 aliphatic rings. The van der Waals surface area contributed by atoms with Crippen molar-refractivity contribution in [3.05, 3.63) is 27.7 Å².